The summed E-state index contributed by atoms with van der Waals surface area (Å²) in [6, 6.07) is 5.16. The van der Waals surface area contributed by atoms with Crippen LogP contribution in [0.3, 0.4) is 0 Å². The average Bonchev–Trinajstić information content (AvgIpc) is 2.04. The summed E-state index contributed by atoms with van der Waals surface area (Å²) in [7, 11) is 0. The first kappa shape index (κ1) is 9.69. The van der Waals surface area contributed by atoms with Crippen LogP contribution in [0.4, 0.5) is 4.39 Å². The summed E-state index contributed by atoms with van der Waals surface area (Å²) >= 11 is 5.59. The molecule has 0 fully saturated rings. The minimum atomic E-state index is -0.501. The van der Waals surface area contributed by atoms with Gasteiger partial charge in [-0.3, -0.25) is 4.79 Å². The molecule has 0 saturated carbocycles. The Morgan fingerprint density at radius 2 is 2.31 bits per heavy atom. The lowest BCUT2D eigenvalue weighted by Gasteiger charge is -1.99. The Bertz CT molecular complexity index is 384. The summed E-state index contributed by atoms with van der Waals surface area (Å²) in [6.45, 7) is 0. The molecule has 0 aliphatic rings. The van der Waals surface area contributed by atoms with Crippen LogP contribution in [0.5, 0.6) is 0 Å². The van der Waals surface area contributed by atoms with E-state index in [0.717, 1.165) is 12.1 Å². The van der Waals surface area contributed by atoms with E-state index in [4.69, 9.17) is 16.9 Å². The predicted octanol–water partition coefficient (Wildman–Crippen LogP) is 2.58. The van der Waals surface area contributed by atoms with Gasteiger partial charge >= 0.3 is 0 Å². The number of carbonyl (C=O) groups is 1. The maximum Gasteiger partial charge on any atom is 0.178 e. The van der Waals surface area contributed by atoms with E-state index in [0.29, 0.717) is 0 Å². The van der Waals surface area contributed by atoms with Gasteiger partial charge in [-0.2, -0.15) is 5.26 Å². The van der Waals surface area contributed by atoms with Crippen LogP contribution in [0.1, 0.15) is 16.8 Å². The van der Waals surface area contributed by atoms with Crippen LogP contribution in [0.15, 0.2) is 18.2 Å². The number of rotatable bonds is 2. The third-order valence-electron chi connectivity index (χ3n) is 1.47. The molecule has 0 atom stereocenters. The smallest absolute Gasteiger partial charge is 0.178 e. The van der Waals surface area contributed by atoms with E-state index in [-0.39, 0.29) is 17.0 Å². The summed E-state index contributed by atoms with van der Waals surface area (Å²) in [4.78, 5) is 11.1. The molecule has 2 nitrogen and oxygen atoms in total. The van der Waals surface area contributed by atoms with Crippen molar-refractivity contribution in [1.82, 2.24) is 0 Å². The molecule has 66 valence electrons. The topological polar surface area (TPSA) is 40.9 Å². The van der Waals surface area contributed by atoms with Crippen molar-refractivity contribution >= 4 is 17.4 Å². The second-order valence-corrected chi connectivity index (χ2v) is 2.79. The molecule has 0 amide bonds. The van der Waals surface area contributed by atoms with Crippen molar-refractivity contribution < 1.29 is 9.18 Å². The standard InChI is InChI=1S/C9H5ClFNO/c10-8-5-6(11)1-2-7(8)9(13)3-4-12/h1-2,5H,3H2. The van der Waals surface area contributed by atoms with Gasteiger partial charge in [0.05, 0.1) is 17.5 Å². The van der Waals surface area contributed by atoms with E-state index in [1.807, 2.05) is 0 Å². The van der Waals surface area contributed by atoms with Gasteiger partial charge in [0.1, 0.15) is 5.82 Å². The van der Waals surface area contributed by atoms with E-state index in [1.54, 1.807) is 6.07 Å². The summed E-state index contributed by atoms with van der Waals surface area (Å²) in [5, 5.41) is 8.30. The van der Waals surface area contributed by atoms with Gasteiger partial charge in [0.25, 0.3) is 0 Å². The number of halogens is 2. The highest BCUT2D eigenvalue weighted by Gasteiger charge is 2.09. The van der Waals surface area contributed by atoms with Crippen LogP contribution in [0.25, 0.3) is 0 Å². The molecule has 0 radical (unpaired) electrons. The van der Waals surface area contributed by atoms with Gasteiger partial charge in [-0.15, -0.1) is 0 Å². The molecule has 0 aliphatic carbocycles. The number of hydrogen-bond acceptors (Lipinski definition) is 2. The Labute approximate surface area is 79.5 Å². The second-order valence-electron chi connectivity index (χ2n) is 2.38. The van der Waals surface area contributed by atoms with E-state index in [2.05, 4.69) is 0 Å². The Kier molecular flexibility index (Phi) is 2.99. The first-order valence-electron chi connectivity index (χ1n) is 3.50. The van der Waals surface area contributed by atoms with Crippen LogP contribution in [0.2, 0.25) is 5.02 Å². The zero-order valence-electron chi connectivity index (χ0n) is 6.55. The summed E-state index contributed by atoms with van der Waals surface area (Å²) in [5.41, 5.74) is 0.185. The zero-order chi connectivity index (χ0) is 9.84. The maximum atomic E-state index is 12.5. The van der Waals surface area contributed by atoms with Crippen molar-refractivity contribution in [2.75, 3.05) is 0 Å². The van der Waals surface area contributed by atoms with Crippen molar-refractivity contribution in [3.05, 3.63) is 34.6 Å². The van der Waals surface area contributed by atoms with Gasteiger partial charge < -0.3 is 0 Å². The van der Waals surface area contributed by atoms with Crippen LogP contribution >= 0.6 is 11.6 Å². The molecule has 0 unspecified atom stereocenters. The van der Waals surface area contributed by atoms with E-state index in [1.165, 1.54) is 6.07 Å². The maximum absolute atomic E-state index is 12.5. The Hall–Kier alpha value is -1.40. The second kappa shape index (κ2) is 4.01. The van der Waals surface area contributed by atoms with Crippen molar-refractivity contribution in [3.63, 3.8) is 0 Å². The largest absolute Gasteiger partial charge is 0.293 e. The fourth-order valence-electron chi connectivity index (χ4n) is 0.883. The summed E-state index contributed by atoms with van der Waals surface area (Å²) in [5.74, 6) is -0.897. The Morgan fingerprint density at radius 3 is 2.85 bits per heavy atom. The molecule has 13 heavy (non-hydrogen) atoms. The van der Waals surface area contributed by atoms with Gasteiger partial charge in [-0.1, -0.05) is 11.6 Å². The summed E-state index contributed by atoms with van der Waals surface area (Å²) < 4.78 is 12.5. The highest BCUT2D eigenvalue weighted by molar-refractivity contribution is 6.34. The average molecular weight is 198 g/mol. The van der Waals surface area contributed by atoms with Gasteiger partial charge in [0, 0.05) is 5.56 Å². The quantitative estimate of drug-likeness (QED) is 0.684. The van der Waals surface area contributed by atoms with Gasteiger partial charge in [0.15, 0.2) is 5.78 Å². The molecule has 0 saturated heterocycles. The number of carbonyl (C=O) groups excluding carboxylic acids is 1. The van der Waals surface area contributed by atoms with Gasteiger partial charge in [0.2, 0.25) is 0 Å². The molecule has 0 N–H and O–H groups in total. The van der Waals surface area contributed by atoms with E-state index >= 15 is 0 Å². The van der Waals surface area contributed by atoms with Crippen LogP contribution in [0, 0.1) is 17.1 Å². The third-order valence-corrected chi connectivity index (χ3v) is 1.78. The molecule has 1 aromatic rings. The Balaban J connectivity index is 3.03. The lowest BCUT2D eigenvalue weighted by molar-refractivity contribution is 0.0998. The minimum absolute atomic E-state index is 0.0419. The number of nitriles is 1. The number of hydrogen-bond donors (Lipinski definition) is 0. The number of ketones is 1. The molecule has 0 heterocycles. The van der Waals surface area contributed by atoms with Crippen LogP contribution in [-0.2, 0) is 0 Å². The van der Waals surface area contributed by atoms with Crippen molar-refractivity contribution in [1.29, 1.82) is 5.26 Å². The molecule has 0 aromatic heterocycles. The normalized spacial score (nSPS) is 9.31. The monoisotopic (exact) mass is 197 g/mol. The van der Waals surface area contributed by atoms with E-state index in [9.17, 15) is 9.18 Å². The van der Waals surface area contributed by atoms with Crippen molar-refractivity contribution in [2.45, 2.75) is 6.42 Å². The van der Waals surface area contributed by atoms with Gasteiger partial charge in [-0.05, 0) is 18.2 Å². The Morgan fingerprint density at radius 1 is 1.62 bits per heavy atom. The zero-order valence-corrected chi connectivity index (χ0v) is 7.31. The van der Waals surface area contributed by atoms with Crippen molar-refractivity contribution in [3.8, 4) is 6.07 Å². The van der Waals surface area contributed by atoms with Crippen LogP contribution < -0.4 is 0 Å². The lowest BCUT2D eigenvalue weighted by Crippen LogP contribution is -1.98. The first-order chi connectivity index (χ1) is 6.15. The molecule has 1 aromatic carbocycles. The number of Topliss-reactive ketones (excluding diaryl/α,β-unsaturated/α-hetero) is 1. The number of benzene rings is 1. The van der Waals surface area contributed by atoms with Crippen molar-refractivity contribution in [2.24, 2.45) is 0 Å². The fraction of sp³-hybridized carbons (Fsp3) is 0.111. The fourth-order valence-corrected chi connectivity index (χ4v) is 1.16. The highest BCUT2D eigenvalue weighted by atomic mass is 35.5. The molecular formula is C9H5ClFNO. The summed E-state index contributed by atoms with van der Waals surface area (Å²) in [6.07, 6.45) is -0.245. The van der Waals surface area contributed by atoms with Crippen LogP contribution in [-0.4, -0.2) is 5.78 Å². The molecule has 0 spiro atoms. The highest BCUT2D eigenvalue weighted by Crippen LogP contribution is 2.18. The molecule has 1 rings (SSSR count). The SMILES string of the molecule is N#CCC(=O)c1ccc(F)cc1Cl. The molecule has 0 aliphatic heterocycles. The minimum Gasteiger partial charge on any atom is -0.293 e. The molecular weight excluding hydrogens is 193 g/mol. The van der Waals surface area contributed by atoms with Gasteiger partial charge in [-0.25, -0.2) is 4.39 Å². The molecule has 0 bridgehead atoms. The molecule has 4 heteroatoms. The van der Waals surface area contributed by atoms with E-state index < -0.39 is 11.6 Å². The lowest BCUT2D eigenvalue weighted by atomic mass is 10.1. The predicted molar refractivity (Wildman–Crippen MR) is 46.0 cm³/mol. The third kappa shape index (κ3) is 2.27. The first-order valence-corrected chi connectivity index (χ1v) is 3.88. The number of nitrogens with zero attached hydrogens (tertiary/aromatic N) is 1.